The maximum Gasteiger partial charge on any atom is 0.404 e. The largest absolute Gasteiger partial charge is 0.449 e. The van der Waals surface area contributed by atoms with Gasteiger partial charge in [-0.05, 0) is 47.1 Å². The molecule has 1 aliphatic heterocycles. The minimum Gasteiger partial charge on any atom is -0.449 e. The number of pyridine rings is 1. The average Bonchev–Trinajstić information content (AvgIpc) is 3.43. The number of aryl methyl sites for hydroxylation is 1. The number of nitrogens with one attached hydrogen (secondary N) is 2. The van der Waals surface area contributed by atoms with E-state index in [1.165, 1.54) is 0 Å². The lowest BCUT2D eigenvalue weighted by Crippen LogP contribution is -2.59. The van der Waals surface area contributed by atoms with E-state index in [4.69, 9.17) is 10.5 Å². The highest BCUT2D eigenvalue weighted by Gasteiger charge is 2.44. The number of aliphatic hydroxyl groups is 1. The number of hydrogen-bond acceptors (Lipinski definition) is 8. The third kappa shape index (κ3) is 12.3. The summed E-state index contributed by atoms with van der Waals surface area (Å²) in [6.45, 7) is 12.7. The lowest BCUT2D eigenvalue weighted by molar-refractivity contribution is -0.132. The van der Waals surface area contributed by atoms with Gasteiger partial charge in [-0.15, -0.1) is 0 Å². The van der Waals surface area contributed by atoms with Crippen LogP contribution in [0.1, 0.15) is 63.3 Å². The number of primary amides is 1. The zero-order chi connectivity index (χ0) is 38.8. The second-order valence-electron chi connectivity index (χ2n) is 15.7. The van der Waals surface area contributed by atoms with E-state index in [0.717, 1.165) is 22.3 Å². The SMILES string of the molecule is Cc1ccncc1CN1CCN([C@H](C(=O)N[C@@H](Cc2ccccc2)[C@@H](O)CN(Cc2ccccc2)NC(=O)CC(C)(C)COC(N)=O)C(C)(C)C)C1=O. The van der Waals surface area contributed by atoms with Crippen LogP contribution in [0.3, 0.4) is 0 Å². The van der Waals surface area contributed by atoms with Crippen molar-refractivity contribution in [3.05, 3.63) is 101 Å². The summed E-state index contributed by atoms with van der Waals surface area (Å²) in [5, 5.41) is 16.7. The molecule has 0 aliphatic carbocycles. The van der Waals surface area contributed by atoms with E-state index in [1.54, 1.807) is 41.0 Å². The highest BCUT2D eigenvalue weighted by molar-refractivity contribution is 5.89. The maximum absolute atomic E-state index is 14.4. The van der Waals surface area contributed by atoms with Gasteiger partial charge in [-0.3, -0.25) is 20.0 Å². The van der Waals surface area contributed by atoms with Gasteiger partial charge in [-0.1, -0.05) is 95.3 Å². The van der Waals surface area contributed by atoms with Crippen molar-refractivity contribution in [1.29, 1.82) is 0 Å². The third-order valence-corrected chi connectivity index (χ3v) is 9.26. The molecule has 0 unspecified atom stereocenters. The van der Waals surface area contributed by atoms with Gasteiger partial charge in [0.15, 0.2) is 0 Å². The molecular formula is C40H55N7O6. The number of ether oxygens (including phenoxy) is 1. The number of aromatic nitrogens is 1. The first kappa shape index (κ1) is 40.8. The van der Waals surface area contributed by atoms with E-state index in [9.17, 15) is 24.3 Å². The molecule has 1 saturated heterocycles. The molecule has 13 nitrogen and oxygen atoms in total. The number of rotatable bonds is 17. The highest BCUT2D eigenvalue weighted by atomic mass is 16.5. The molecule has 13 heteroatoms. The van der Waals surface area contributed by atoms with Crippen LogP contribution in [0.15, 0.2) is 79.1 Å². The van der Waals surface area contributed by atoms with Crippen LogP contribution in [0, 0.1) is 17.8 Å². The Kier molecular flexibility index (Phi) is 14.0. The van der Waals surface area contributed by atoms with Gasteiger partial charge in [0, 0.05) is 57.0 Å². The number of aliphatic hydroxyl groups excluding tert-OH is 1. The first-order chi connectivity index (χ1) is 25.0. The van der Waals surface area contributed by atoms with Crippen LogP contribution < -0.4 is 16.5 Å². The van der Waals surface area contributed by atoms with Crippen LogP contribution in [0.4, 0.5) is 9.59 Å². The van der Waals surface area contributed by atoms with Gasteiger partial charge in [0.05, 0.1) is 18.8 Å². The summed E-state index contributed by atoms with van der Waals surface area (Å²) in [6, 6.07) is 19.1. The summed E-state index contributed by atoms with van der Waals surface area (Å²) >= 11 is 0. The van der Waals surface area contributed by atoms with Crippen LogP contribution in [0.5, 0.6) is 0 Å². The molecule has 2 heterocycles. The molecule has 1 fully saturated rings. The second kappa shape index (κ2) is 18.2. The van der Waals surface area contributed by atoms with Gasteiger partial charge in [-0.25, -0.2) is 14.6 Å². The number of carbonyl (C=O) groups is 4. The number of hydrazine groups is 1. The van der Waals surface area contributed by atoms with Crippen molar-refractivity contribution in [2.75, 3.05) is 26.2 Å². The van der Waals surface area contributed by atoms with Crippen LogP contribution in [0.2, 0.25) is 0 Å². The summed E-state index contributed by atoms with van der Waals surface area (Å²) in [5.74, 6) is -0.721. The number of benzene rings is 2. The first-order valence-electron chi connectivity index (χ1n) is 18.0. The van der Waals surface area contributed by atoms with Crippen LogP contribution in [-0.4, -0.2) is 93.3 Å². The highest BCUT2D eigenvalue weighted by Crippen LogP contribution is 2.29. The Bertz CT molecular complexity index is 1680. The number of carbonyl (C=O) groups excluding carboxylic acids is 4. The van der Waals surface area contributed by atoms with Gasteiger partial charge in [0.1, 0.15) is 6.04 Å². The molecule has 53 heavy (non-hydrogen) atoms. The Hall–Kier alpha value is -5.01. The van der Waals surface area contributed by atoms with E-state index in [0.29, 0.717) is 26.1 Å². The minimum absolute atomic E-state index is 0.0142. The van der Waals surface area contributed by atoms with E-state index >= 15 is 0 Å². The van der Waals surface area contributed by atoms with Crippen molar-refractivity contribution in [2.24, 2.45) is 16.6 Å². The number of hydrogen-bond donors (Lipinski definition) is 4. The fourth-order valence-electron chi connectivity index (χ4n) is 6.55. The number of nitrogens with zero attached hydrogens (tertiary/aromatic N) is 4. The normalized spacial score (nSPS) is 15.2. The molecule has 286 valence electrons. The Balaban J connectivity index is 1.55. The molecular weight excluding hydrogens is 674 g/mol. The molecule has 0 bridgehead atoms. The molecule has 3 aromatic rings. The Morgan fingerprint density at radius 1 is 0.981 bits per heavy atom. The smallest absolute Gasteiger partial charge is 0.404 e. The molecule has 3 atom stereocenters. The predicted molar refractivity (Wildman–Crippen MR) is 202 cm³/mol. The Morgan fingerprint density at radius 2 is 1.62 bits per heavy atom. The van der Waals surface area contributed by atoms with Gasteiger partial charge < -0.3 is 30.7 Å². The number of urea groups is 1. The number of amides is 5. The van der Waals surface area contributed by atoms with Crippen LogP contribution in [-0.2, 0) is 33.8 Å². The van der Waals surface area contributed by atoms with Crippen molar-refractivity contribution in [3.63, 3.8) is 0 Å². The lowest BCUT2D eigenvalue weighted by Gasteiger charge is -2.38. The zero-order valence-electron chi connectivity index (χ0n) is 31.7. The fourth-order valence-corrected chi connectivity index (χ4v) is 6.55. The first-order valence-corrected chi connectivity index (χ1v) is 18.0. The second-order valence-corrected chi connectivity index (χ2v) is 15.7. The summed E-state index contributed by atoms with van der Waals surface area (Å²) in [6.07, 6.45) is 1.73. The minimum atomic E-state index is -1.14. The standard InChI is InChI=1S/C40H55N7O6/c1-28-17-18-42-23-31(28)25-45-19-20-47(38(45)52)35(39(2,3)4)36(50)43-32(21-29-13-9-7-10-14-29)33(48)26-46(24-30-15-11-8-12-16-30)44-34(49)22-40(5,6)27-53-37(41)51/h7-18,23,32-33,35,48H,19-22,24-27H2,1-6H3,(H2,41,51)(H,43,50)(H,44,49)/t32-,33-,35+/m0/s1. The van der Waals surface area contributed by atoms with Gasteiger partial charge in [0.2, 0.25) is 11.8 Å². The van der Waals surface area contributed by atoms with Crippen molar-refractivity contribution in [1.82, 2.24) is 30.5 Å². The Labute approximate surface area is 312 Å². The van der Waals surface area contributed by atoms with Crippen molar-refractivity contribution in [2.45, 2.75) is 85.7 Å². The quantitative estimate of drug-likeness (QED) is 0.150. The lowest BCUT2D eigenvalue weighted by atomic mass is 9.84. The van der Waals surface area contributed by atoms with Crippen molar-refractivity contribution < 1.29 is 29.0 Å². The summed E-state index contributed by atoms with van der Waals surface area (Å²) in [5.41, 5.74) is 10.5. The van der Waals surface area contributed by atoms with Gasteiger partial charge in [-0.2, -0.15) is 0 Å². The zero-order valence-corrected chi connectivity index (χ0v) is 31.7. The molecule has 0 saturated carbocycles. The van der Waals surface area contributed by atoms with Gasteiger partial charge in [0.25, 0.3) is 0 Å². The molecule has 1 aromatic heterocycles. The van der Waals surface area contributed by atoms with Crippen molar-refractivity contribution >= 4 is 23.9 Å². The summed E-state index contributed by atoms with van der Waals surface area (Å²) < 4.78 is 4.96. The van der Waals surface area contributed by atoms with Gasteiger partial charge >= 0.3 is 12.1 Å². The molecule has 5 amide bonds. The summed E-state index contributed by atoms with van der Waals surface area (Å²) in [7, 11) is 0. The van der Waals surface area contributed by atoms with Crippen LogP contribution >= 0.6 is 0 Å². The molecule has 5 N–H and O–H groups in total. The molecule has 1 aliphatic rings. The Morgan fingerprint density at radius 3 is 2.23 bits per heavy atom. The average molecular weight is 730 g/mol. The predicted octanol–water partition coefficient (Wildman–Crippen LogP) is 4.18. The molecule has 2 aromatic carbocycles. The van der Waals surface area contributed by atoms with Crippen LogP contribution in [0.25, 0.3) is 0 Å². The van der Waals surface area contributed by atoms with E-state index < -0.39 is 35.1 Å². The van der Waals surface area contributed by atoms with Crippen molar-refractivity contribution in [3.8, 4) is 0 Å². The van der Waals surface area contributed by atoms with E-state index in [2.05, 4.69) is 15.7 Å². The topological polar surface area (TPSA) is 170 Å². The third-order valence-electron chi connectivity index (χ3n) is 9.26. The molecule has 0 spiro atoms. The summed E-state index contributed by atoms with van der Waals surface area (Å²) in [4.78, 5) is 60.4. The molecule has 0 radical (unpaired) electrons. The van der Waals surface area contributed by atoms with E-state index in [-0.39, 0.29) is 44.0 Å². The monoisotopic (exact) mass is 729 g/mol. The number of nitrogens with two attached hydrogens (primary N) is 1. The molecule has 4 rings (SSSR count). The van der Waals surface area contributed by atoms with E-state index in [1.807, 2.05) is 94.4 Å². The fraction of sp³-hybridized carbons (Fsp3) is 0.475. The maximum atomic E-state index is 14.4.